The lowest BCUT2D eigenvalue weighted by Crippen LogP contribution is -2.23. The number of carbonyl (C=O) groups excluding carboxylic acids is 1. The first-order valence-electron chi connectivity index (χ1n) is 10.0. The Bertz CT molecular complexity index is 1290. The Kier molecular flexibility index (Phi) is 6.30. The highest BCUT2D eigenvalue weighted by Crippen LogP contribution is 2.41. The van der Waals surface area contributed by atoms with Crippen molar-refractivity contribution in [2.75, 3.05) is 21.3 Å². The van der Waals surface area contributed by atoms with Gasteiger partial charge < -0.3 is 29.2 Å². The fourth-order valence-electron chi connectivity index (χ4n) is 3.36. The molecule has 4 aromatic rings. The number of pyridine rings is 1. The third-order valence-corrected chi connectivity index (χ3v) is 4.95. The molecule has 4 rings (SSSR count). The van der Waals surface area contributed by atoms with Gasteiger partial charge >= 0.3 is 0 Å². The topological polar surface area (TPSA) is 94.7 Å². The SMILES string of the molecule is COc1cc(OC)c2cc(C(=O)NCc3ccc(Oc4cccc(F)c4)nc3)[nH]c2c1OC. The molecule has 0 spiro atoms. The molecule has 2 aromatic heterocycles. The van der Waals surface area contributed by atoms with Crippen LogP contribution in [-0.4, -0.2) is 37.2 Å². The lowest BCUT2D eigenvalue weighted by atomic mass is 10.2. The third kappa shape index (κ3) is 4.67. The molecule has 0 atom stereocenters. The van der Waals surface area contributed by atoms with E-state index in [9.17, 15) is 9.18 Å². The van der Waals surface area contributed by atoms with Crippen molar-refractivity contribution in [1.29, 1.82) is 0 Å². The zero-order chi connectivity index (χ0) is 23.4. The largest absolute Gasteiger partial charge is 0.496 e. The molecule has 0 fully saturated rings. The highest BCUT2D eigenvalue weighted by Gasteiger charge is 2.19. The average molecular weight is 451 g/mol. The van der Waals surface area contributed by atoms with Crippen LogP contribution in [-0.2, 0) is 6.54 Å². The molecule has 0 aliphatic heterocycles. The predicted octanol–water partition coefficient (Wildman–Crippen LogP) is 4.45. The normalized spacial score (nSPS) is 10.7. The summed E-state index contributed by atoms with van der Waals surface area (Å²) < 4.78 is 35.0. The van der Waals surface area contributed by atoms with Gasteiger partial charge in [0.2, 0.25) is 5.88 Å². The number of aromatic amines is 1. The second kappa shape index (κ2) is 9.47. The molecule has 1 amide bonds. The quantitative estimate of drug-likeness (QED) is 0.411. The first-order valence-corrected chi connectivity index (χ1v) is 10.0. The second-order valence-corrected chi connectivity index (χ2v) is 7.03. The number of hydrogen-bond acceptors (Lipinski definition) is 6. The minimum Gasteiger partial charge on any atom is -0.496 e. The Hall–Kier alpha value is -4.27. The number of hydrogen-bond donors (Lipinski definition) is 2. The summed E-state index contributed by atoms with van der Waals surface area (Å²) in [5, 5.41) is 3.54. The number of fused-ring (bicyclic) bond motifs is 1. The highest BCUT2D eigenvalue weighted by atomic mass is 19.1. The van der Waals surface area contributed by atoms with E-state index < -0.39 is 5.82 Å². The van der Waals surface area contributed by atoms with E-state index in [1.54, 1.807) is 49.7 Å². The summed E-state index contributed by atoms with van der Waals surface area (Å²) in [6, 6.07) is 12.6. The van der Waals surface area contributed by atoms with Gasteiger partial charge in [-0.05, 0) is 23.8 Å². The van der Waals surface area contributed by atoms with Crippen LogP contribution in [0.3, 0.4) is 0 Å². The van der Waals surface area contributed by atoms with Gasteiger partial charge in [0.1, 0.15) is 23.0 Å². The van der Waals surface area contributed by atoms with Crippen LogP contribution < -0.4 is 24.3 Å². The van der Waals surface area contributed by atoms with Crippen molar-refractivity contribution in [2.45, 2.75) is 6.54 Å². The van der Waals surface area contributed by atoms with Gasteiger partial charge in [0, 0.05) is 36.3 Å². The van der Waals surface area contributed by atoms with Crippen LogP contribution in [0, 0.1) is 5.82 Å². The van der Waals surface area contributed by atoms with E-state index in [0.717, 1.165) is 5.56 Å². The standard InChI is InChI=1S/C24H22FN3O5/c1-30-19-11-20(31-2)23(32-3)22-17(19)10-18(28-22)24(29)27-13-14-7-8-21(26-12-14)33-16-6-4-5-15(25)9-16/h4-12,28H,13H2,1-3H3,(H,27,29). The molecule has 0 aliphatic rings. The van der Waals surface area contributed by atoms with Crippen molar-refractivity contribution in [3.8, 4) is 28.9 Å². The summed E-state index contributed by atoms with van der Waals surface area (Å²) in [5.41, 5.74) is 1.70. The number of rotatable bonds is 8. The Morgan fingerprint density at radius 1 is 1.03 bits per heavy atom. The zero-order valence-electron chi connectivity index (χ0n) is 18.3. The lowest BCUT2D eigenvalue weighted by Gasteiger charge is -2.11. The molecule has 0 unspecified atom stereocenters. The number of nitrogens with zero attached hydrogens (tertiary/aromatic N) is 1. The highest BCUT2D eigenvalue weighted by molar-refractivity contribution is 6.02. The number of amides is 1. The monoisotopic (exact) mass is 451 g/mol. The number of H-pyrrole nitrogens is 1. The molecule has 8 nitrogen and oxygen atoms in total. The summed E-state index contributed by atoms with van der Waals surface area (Å²) >= 11 is 0. The first kappa shape index (κ1) is 21.9. The van der Waals surface area contributed by atoms with E-state index in [0.29, 0.717) is 45.5 Å². The number of nitrogens with one attached hydrogen (secondary N) is 2. The molecule has 2 aromatic carbocycles. The van der Waals surface area contributed by atoms with Gasteiger partial charge in [-0.25, -0.2) is 9.37 Å². The summed E-state index contributed by atoms with van der Waals surface area (Å²) in [5.74, 6) is 1.49. The van der Waals surface area contributed by atoms with Crippen LogP contribution in [0.2, 0.25) is 0 Å². The number of benzene rings is 2. The van der Waals surface area contributed by atoms with Crippen LogP contribution in [0.1, 0.15) is 16.1 Å². The summed E-state index contributed by atoms with van der Waals surface area (Å²) in [6.07, 6.45) is 1.58. The minimum atomic E-state index is -0.391. The van der Waals surface area contributed by atoms with E-state index in [4.69, 9.17) is 18.9 Å². The van der Waals surface area contributed by atoms with Gasteiger partial charge in [0.05, 0.1) is 26.8 Å². The third-order valence-electron chi connectivity index (χ3n) is 4.95. The maximum absolute atomic E-state index is 13.3. The summed E-state index contributed by atoms with van der Waals surface area (Å²) in [4.78, 5) is 20.0. The Labute approximate surface area is 189 Å². The number of ether oxygens (including phenoxy) is 4. The Balaban J connectivity index is 1.46. The molecular weight excluding hydrogens is 429 g/mol. The van der Waals surface area contributed by atoms with Crippen LogP contribution >= 0.6 is 0 Å². The van der Waals surface area contributed by atoms with Crippen molar-refractivity contribution in [3.63, 3.8) is 0 Å². The average Bonchev–Trinajstić information content (AvgIpc) is 3.28. The fourth-order valence-corrected chi connectivity index (χ4v) is 3.36. The Morgan fingerprint density at radius 2 is 1.85 bits per heavy atom. The maximum atomic E-state index is 13.3. The number of carbonyl (C=O) groups is 1. The van der Waals surface area contributed by atoms with E-state index in [1.807, 2.05) is 0 Å². The van der Waals surface area contributed by atoms with Crippen LogP contribution in [0.15, 0.2) is 54.7 Å². The van der Waals surface area contributed by atoms with E-state index in [2.05, 4.69) is 15.3 Å². The van der Waals surface area contributed by atoms with Gasteiger partial charge in [-0.3, -0.25) is 4.79 Å². The second-order valence-electron chi connectivity index (χ2n) is 7.03. The molecular formula is C24H22FN3O5. The van der Waals surface area contributed by atoms with E-state index in [-0.39, 0.29) is 12.5 Å². The van der Waals surface area contributed by atoms with Crippen molar-refractivity contribution < 1.29 is 28.1 Å². The van der Waals surface area contributed by atoms with Gasteiger partial charge in [0.25, 0.3) is 5.91 Å². The lowest BCUT2D eigenvalue weighted by molar-refractivity contribution is 0.0946. The van der Waals surface area contributed by atoms with Crippen molar-refractivity contribution in [3.05, 3.63) is 71.8 Å². The van der Waals surface area contributed by atoms with Crippen LogP contribution in [0.4, 0.5) is 4.39 Å². The number of aromatic nitrogens is 2. The maximum Gasteiger partial charge on any atom is 0.268 e. The molecule has 170 valence electrons. The van der Waals surface area contributed by atoms with Crippen molar-refractivity contribution >= 4 is 16.8 Å². The van der Waals surface area contributed by atoms with Crippen molar-refractivity contribution in [1.82, 2.24) is 15.3 Å². The van der Waals surface area contributed by atoms with Gasteiger partial charge in [-0.15, -0.1) is 0 Å². The minimum absolute atomic E-state index is 0.249. The summed E-state index contributed by atoms with van der Waals surface area (Å²) in [6.45, 7) is 0.249. The fraction of sp³-hybridized carbons (Fsp3) is 0.167. The Morgan fingerprint density at radius 3 is 2.52 bits per heavy atom. The molecule has 0 aliphatic carbocycles. The predicted molar refractivity (Wildman–Crippen MR) is 120 cm³/mol. The van der Waals surface area contributed by atoms with Gasteiger partial charge in [-0.2, -0.15) is 0 Å². The van der Waals surface area contributed by atoms with E-state index >= 15 is 0 Å². The summed E-state index contributed by atoms with van der Waals surface area (Å²) in [7, 11) is 4.60. The molecule has 2 N–H and O–H groups in total. The molecule has 9 heteroatoms. The molecule has 0 saturated heterocycles. The molecule has 0 radical (unpaired) electrons. The molecule has 0 bridgehead atoms. The molecule has 33 heavy (non-hydrogen) atoms. The first-order chi connectivity index (χ1) is 16.0. The zero-order valence-corrected chi connectivity index (χ0v) is 18.3. The smallest absolute Gasteiger partial charge is 0.268 e. The van der Waals surface area contributed by atoms with E-state index in [1.165, 1.54) is 26.4 Å². The number of halogens is 1. The van der Waals surface area contributed by atoms with Crippen molar-refractivity contribution in [2.24, 2.45) is 0 Å². The van der Waals surface area contributed by atoms with Gasteiger partial charge in [-0.1, -0.05) is 12.1 Å². The van der Waals surface area contributed by atoms with Crippen LogP contribution in [0.5, 0.6) is 28.9 Å². The molecule has 0 saturated carbocycles. The number of methoxy groups -OCH3 is 3. The van der Waals surface area contributed by atoms with Gasteiger partial charge in [0.15, 0.2) is 11.5 Å². The molecule has 2 heterocycles. The van der Waals surface area contributed by atoms with Crippen LogP contribution in [0.25, 0.3) is 10.9 Å².